The number of rotatable bonds is 5. The molecule has 1 saturated heterocycles. The molecule has 1 heterocycles. The van der Waals surface area contributed by atoms with E-state index in [-0.39, 0.29) is 17.2 Å². The van der Waals surface area contributed by atoms with Crippen LogP contribution in [-0.4, -0.2) is 24.2 Å². The molecule has 33 heavy (non-hydrogen) atoms. The van der Waals surface area contributed by atoms with E-state index in [1.54, 1.807) is 48.5 Å². The third-order valence-electron chi connectivity index (χ3n) is 4.67. The number of esters is 1. The first kappa shape index (κ1) is 22.6. The van der Waals surface area contributed by atoms with Gasteiger partial charge in [0.15, 0.2) is 16.7 Å². The Morgan fingerprint density at radius 2 is 1.88 bits per heavy atom. The molecule has 6 nitrogen and oxygen atoms in total. The standard InChI is InChI=1S/C25H19ClN2O4S/c1-15-6-5-7-17(12-15)27-25-28-23(29)22(33-25)14-16-10-11-20(21(13-16)31-2)32-24(30)18-8-3-4-9-19(18)26/h3-14H,1-2H3,(H,27,28,29)/b22-14+. The molecule has 0 aliphatic carbocycles. The molecule has 0 aromatic heterocycles. The number of amides is 1. The number of aliphatic imine (C=N–C) groups is 1. The highest BCUT2D eigenvalue weighted by Gasteiger charge is 2.24. The lowest BCUT2D eigenvalue weighted by molar-refractivity contribution is -0.115. The highest BCUT2D eigenvalue weighted by Crippen LogP contribution is 2.33. The van der Waals surface area contributed by atoms with Crippen molar-refractivity contribution in [2.75, 3.05) is 7.11 Å². The third kappa shape index (κ3) is 5.45. The summed E-state index contributed by atoms with van der Waals surface area (Å²) in [6, 6.07) is 19.4. The number of ether oxygens (including phenoxy) is 2. The Morgan fingerprint density at radius 3 is 2.64 bits per heavy atom. The van der Waals surface area contributed by atoms with Crippen molar-refractivity contribution in [1.29, 1.82) is 0 Å². The van der Waals surface area contributed by atoms with Crippen molar-refractivity contribution in [3.8, 4) is 11.5 Å². The van der Waals surface area contributed by atoms with Crippen molar-refractivity contribution in [1.82, 2.24) is 5.32 Å². The number of aryl methyl sites for hydroxylation is 1. The Morgan fingerprint density at radius 1 is 1.06 bits per heavy atom. The fourth-order valence-electron chi connectivity index (χ4n) is 3.09. The number of hydrogen-bond donors (Lipinski definition) is 1. The summed E-state index contributed by atoms with van der Waals surface area (Å²) in [5, 5.41) is 3.58. The van der Waals surface area contributed by atoms with Crippen molar-refractivity contribution >= 4 is 52.2 Å². The first-order valence-corrected chi connectivity index (χ1v) is 11.1. The molecule has 3 aromatic carbocycles. The predicted octanol–water partition coefficient (Wildman–Crippen LogP) is 5.77. The minimum Gasteiger partial charge on any atom is -0.493 e. The van der Waals surface area contributed by atoms with E-state index in [9.17, 15) is 9.59 Å². The molecule has 1 aliphatic heterocycles. The molecule has 0 unspecified atom stereocenters. The van der Waals surface area contributed by atoms with Gasteiger partial charge in [0.05, 0.1) is 28.3 Å². The van der Waals surface area contributed by atoms with E-state index in [1.807, 2.05) is 31.2 Å². The molecule has 1 amide bonds. The zero-order chi connectivity index (χ0) is 23.4. The van der Waals surface area contributed by atoms with Gasteiger partial charge in [0.2, 0.25) is 0 Å². The maximum Gasteiger partial charge on any atom is 0.345 e. The van der Waals surface area contributed by atoms with Gasteiger partial charge in [-0.05, 0) is 72.3 Å². The van der Waals surface area contributed by atoms with Gasteiger partial charge >= 0.3 is 5.97 Å². The minimum absolute atomic E-state index is 0.236. The molecule has 1 fully saturated rings. The second kappa shape index (κ2) is 9.94. The quantitative estimate of drug-likeness (QED) is 0.286. The Balaban J connectivity index is 1.53. The summed E-state index contributed by atoms with van der Waals surface area (Å²) in [4.78, 5) is 29.9. The van der Waals surface area contributed by atoms with Crippen LogP contribution in [0.2, 0.25) is 5.02 Å². The molecule has 0 radical (unpaired) electrons. The first-order chi connectivity index (χ1) is 15.9. The number of nitrogens with zero attached hydrogens (tertiary/aromatic N) is 1. The van der Waals surface area contributed by atoms with Crippen molar-refractivity contribution in [3.05, 3.63) is 93.3 Å². The van der Waals surface area contributed by atoms with Crippen LogP contribution in [0.25, 0.3) is 6.08 Å². The van der Waals surface area contributed by atoms with Crippen LogP contribution in [0.15, 0.2) is 76.6 Å². The number of carbonyl (C=O) groups is 2. The average Bonchev–Trinajstić information content (AvgIpc) is 3.13. The van der Waals surface area contributed by atoms with Gasteiger partial charge < -0.3 is 14.8 Å². The lowest BCUT2D eigenvalue weighted by atomic mass is 10.2. The van der Waals surface area contributed by atoms with Gasteiger partial charge in [0.1, 0.15) is 0 Å². The summed E-state index contributed by atoms with van der Waals surface area (Å²) in [6.45, 7) is 1.98. The SMILES string of the molecule is COc1cc(/C=C2/SC(=Nc3cccc(C)c3)NC2=O)ccc1OC(=O)c1ccccc1Cl. The molecule has 0 atom stereocenters. The van der Waals surface area contributed by atoms with Crippen LogP contribution in [0, 0.1) is 6.92 Å². The lowest BCUT2D eigenvalue weighted by Gasteiger charge is -2.10. The highest BCUT2D eigenvalue weighted by molar-refractivity contribution is 8.18. The van der Waals surface area contributed by atoms with E-state index in [2.05, 4.69) is 10.3 Å². The molecule has 0 spiro atoms. The molecule has 8 heteroatoms. The van der Waals surface area contributed by atoms with Crippen LogP contribution < -0.4 is 14.8 Å². The van der Waals surface area contributed by atoms with Crippen LogP contribution in [-0.2, 0) is 4.79 Å². The van der Waals surface area contributed by atoms with Crippen molar-refractivity contribution < 1.29 is 19.1 Å². The van der Waals surface area contributed by atoms with Crippen LogP contribution in [0.3, 0.4) is 0 Å². The number of methoxy groups -OCH3 is 1. The van der Waals surface area contributed by atoms with Crippen molar-refractivity contribution in [2.24, 2.45) is 4.99 Å². The van der Waals surface area contributed by atoms with E-state index >= 15 is 0 Å². The van der Waals surface area contributed by atoms with E-state index in [4.69, 9.17) is 21.1 Å². The van der Waals surface area contributed by atoms with Gasteiger partial charge in [-0.1, -0.05) is 41.9 Å². The van der Waals surface area contributed by atoms with E-state index in [1.165, 1.54) is 18.9 Å². The molecule has 1 N–H and O–H groups in total. The van der Waals surface area contributed by atoms with Gasteiger partial charge in [-0.3, -0.25) is 4.79 Å². The normalized spacial score (nSPS) is 15.5. The summed E-state index contributed by atoms with van der Waals surface area (Å²) in [5.74, 6) is -0.232. The molecule has 166 valence electrons. The fraction of sp³-hybridized carbons (Fsp3) is 0.0800. The highest BCUT2D eigenvalue weighted by atomic mass is 35.5. The van der Waals surface area contributed by atoms with Crippen molar-refractivity contribution in [3.63, 3.8) is 0 Å². The number of carbonyl (C=O) groups excluding carboxylic acids is 2. The summed E-state index contributed by atoms with van der Waals surface area (Å²) < 4.78 is 10.9. The van der Waals surface area contributed by atoms with Crippen LogP contribution in [0.1, 0.15) is 21.5 Å². The molecular formula is C25H19ClN2O4S. The lowest BCUT2D eigenvalue weighted by Crippen LogP contribution is -2.19. The predicted molar refractivity (Wildman–Crippen MR) is 131 cm³/mol. The largest absolute Gasteiger partial charge is 0.493 e. The zero-order valence-corrected chi connectivity index (χ0v) is 19.4. The van der Waals surface area contributed by atoms with Gasteiger partial charge in [0, 0.05) is 0 Å². The smallest absolute Gasteiger partial charge is 0.345 e. The number of thioether (sulfide) groups is 1. The zero-order valence-electron chi connectivity index (χ0n) is 17.8. The molecule has 0 saturated carbocycles. The minimum atomic E-state index is -0.590. The van der Waals surface area contributed by atoms with Gasteiger partial charge in [0.25, 0.3) is 5.91 Å². The van der Waals surface area contributed by atoms with Gasteiger partial charge in [-0.2, -0.15) is 0 Å². The Bertz CT molecular complexity index is 1300. The second-order valence-electron chi connectivity index (χ2n) is 7.10. The summed E-state index contributed by atoms with van der Waals surface area (Å²) in [5.41, 5.74) is 2.82. The fourth-order valence-corrected chi connectivity index (χ4v) is 4.14. The van der Waals surface area contributed by atoms with Crippen LogP contribution in [0.5, 0.6) is 11.5 Å². The topological polar surface area (TPSA) is 77.0 Å². The number of amidine groups is 1. The number of benzene rings is 3. The average molecular weight is 479 g/mol. The Labute approximate surface area is 200 Å². The van der Waals surface area contributed by atoms with E-state index < -0.39 is 5.97 Å². The summed E-state index contributed by atoms with van der Waals surface area (Å²) in [6.07, 6.45) is 1.72. The Kier molecular flexibility index (Phi) is 6.82. The Hall–Kier alpha value is -3.55. The van der Waals surface area contributed by atoms with Gasteiger partial charge in [-0.15, -0.1) is 0 Å². The molecular weight excluding hydrogens is 460 g/mol. The molecule has 1 aliphatic rings. The van der Waals surface area contributed by atoms with E-state index in [0.29, 0.717) is 26.4 Å². The second-order valence-corrected chi connectivity index (χ2v) is 8.54. The third-order valence-corrected chi connectivity index (χ3v) is 5.90. The first-order valence-electron chi connectivity index (χ1n) is 9.94. The van der Waals surface area contributed by atoms with Crippen LogP contribution in [0.4, 0.5) is 5.69 Å². The summed E-state index contributed by atoms with van der Waals surface area (Å²) >= 11 is 7.32. The van der Waals surface area contributed by atoms with Crippen LogP contribution >= 0.6 is 23.4 Å². The molecule has 4 rings (SSSR count). The number of halogens is 1. The molecule has 3 aromatic rings. The van der Waals surface area contributed by atoms with E-state index in [0.717, 1.165) is 11.3 Å². The van der Waals surface area contributed by atoms with Crippen molar-refractivity contribution in [2.45, 2.75) is 6.92 Å². The monoisotopic (exact) mass is 478 g/mol. The molecule has 0 bridgehead atoms. The summed E-state index contributed by atoms with van der Waals surface area (Å²) in [7, 11) is 1.47. The maximum absolute atomic E-state index is 12.5. The van der Waals surface area contributed by atoms with Gasteiger partial charge in [-0.25, -0.2) is 9.79 Å². The number of hydrogen-bond acceptors (Lipinski definition) is 6. The maximum atomic E-state index is 12.5. The number of nitrogens with one attached hydrogen (secondary N) is 1.